The molecular formula is C15H16N2O3. The van der Waals surface area contributed by atoms with Crippen LogP contribution in [0.1, 0.15) is 17.3 Å². The second-order valence-corrected chi connectivity index (χ2v) is 4.10. The van der Waals surface area contributed by atoms with Crippen molar-refractivity contribution in [3.05, 3.63) is 48.0 Å². The zero-order valence-corrected chi connectivity index (χ0v) is 11.1. The lowest BCUT2D eigenvalue weighted by atomic mass is 10.1. The molecule has 20 heavy (non-hydrogen) atoms. The Kier molecular flexibility index (Phi) is 4.10. The molecule has 2 aromatic rings. The first-order valence-electron chi connectivity index (χ1n) is 6.21. The minimum absolute atomic E-state index is 0.233. The van der Waals surface area contributed by atoms with E-state index >= 15 is 0 Å². The molecule has 5 heteroatoms. The molecule has 0 saturated heterocycles. The van der Waals surface area contributed by atoms with Crippen molar-refractivity contribution in [1.82, 2.24) is 0 Å². The van der Waals surface area contributed by atoms with Crippen LogP contribution in [0.5, 0.6) is 17.2 Å². The number of carbonyl (C=O) groups excluding carboxylic acids is 1. The molecule has 2 rings (SSSR count). The molecular weight excluding hydrogens is 256 g/mol. The molecule has 0 aliphatic rings. The third-order valence-electron chi connectivity index (χ3n) is 2.64. The quantitative estimate of drug-likeness (QED) is 0.819. The summed E-state index contributed by atoms with van der Waals surface area (Å²) in [4.78, 5) is 11.4. The number of amides is 1. The van der Waals surface area contributed by atoms with Crippen LogP contribution in [0.25, 0.3) is 0 Å². The molecule has 0 unspecified atom stereocenters. The molecule has 0 bridgehead atoms. The Morgan fingerprint density at radius 2 is 1.80 bits per heavy atom. The molecule has 0 saturated carbocycles. The Morgan fingerprint density at radius 3 is 2.45 bits per heavy atom. The van der Waals surface area contributed by atoms with Gasteiger partial charge in [0.25, 0.3) is 5.91 Å². The molecule has 0 aliphatic carbocycles. The van der Waals surface area contributed by atoms with E-state index in [2.05, 4.69) is 0 Å². The average molecular weight is 272 g/mol. The van der Waals surface area contributed by atoms with E-state index in [0.717, 1.165) is 0 Å². The minimum Gasteiger partial charge on any atom is -0.490 e. The van der Waals surface area contributed by atoms with Crippen LogP contribution in [0, 0.1) is 0 Å². The number of ether oxygens (including phenoxy) is 2. The average Bonchev–Trinajstić information content (AvgIpc) is 2.43. The molecule has 2 aromatic carbocycles. The van der Waals surface area contributed by atoms with Gasteiger partial charge in [-0.1, -0.05) is 12.1 Å². The Bertz CT molecular complexity index is 626. The summed E-state index contributed by atoms with van der Waals surface area (Å²) in [7, 11) is 0. The Balaban J connectivity index is 2.37. The van der Waals surface area contributed by atoms with Crippen LogP contribution in [0.2, 0.25) is 0 Å². The lowest BCUT2D eigenvalue weighted by Crippen LogP contribution is -2.12. The van der Waals surface area contributed by atoms with Gasteiger partial charge < -0.3 is 20.9 Å². The Labute approximate surface area is 117 Å². The lowest BCUT2D eigenvalue weighted by Gasteiger charge is -2.13. The number of hydrogen-bond acceptors (Lipinski definition) is 4. The van der Waals surface area contributed by atoms with Crippen molar-refractivity contribution in [1.29, 1.82) is 0 Å². The van der Waals surface area contributed by atoms with E-state index in [9.17, 15) is 4.79 Å². The van der Waals surface area contributed by atoms with Gasteiger partial charge in [-0.3, -0.25) is 4.79 Å². The van der Waals surface area contributed by atoms with Crippen LogP contribution in [0.15, 0.2) is 42.5 Å². The van der Waals surface area contributed by atoms with Crippen molar-refractivity contribution >= 4 is 11.6 Å². The van der Waals surface area contributed by atoms with Gasteiger partial charge in [0.05, 0.1) is 12.2 Å². The Morgan fingerprint density at radius 1 is 1.10 bits per heavy atom. The molecule has 0 radical (unpaired) electrons. The highest BCUT2D eigenvalue weighted by molar-refractivity contribution is 5.96. The van der Waals surface area contributed by atoms with Crippen LogP contribution in [-0.2, 0) is 0 Å². The zero-order valence-electron chi connectivity index (χ0n) is 11.1. The number of primary amides is 1. The molecule has 0 atom stereocenters. The first-order valence-corrected chi connectivity index (χ1v) is 6.21. The molecule has 4 N–H and O–H groups in total. The largest absolute Gasteiger partial charge is 0.490 e. The normalized spacial score (nSPS) is 10.1. The number of rotatable bonds is 5. The van der Waals surface area contributed by atoms with E-state index in [1.54, 1.807) is 24.3 Å². The van der Waals surface area contributed by atoms with Crippen molar-refractivity contribution in [2.45, 2.75) is 6.92 Å². The van der Waals surface area contributed by atoms with Crippen LogP contribution < -0.4 is 20.9 Å². The topological polar surface area (TPSA) is 87.6 Å². The standard InChI is InChI=1S/C15H16N2O3/c1-2-19-13-5-3-4-6-14(13)20-12-8-7-10(16)9-11(12)15(17)18/h3-9H,2,16H2,1H3,(H2,17,18). The van der Waals surface area contributed by atoms with Gasteiger partial charge in [-0.05, 0) is 37.3 Å². The second kappa shape index (κ2) is 5.97. The van der Waals surface area contributed by atoms with Crippen LogP contribution >= 0.6 is 0 Å². The maximum Gasteiger partial charge on any atom is 0.252 e. The Hall–Kier alpha value is -2.69. The molecule has 0 spiro atoms. The van der Waals surface area contributed by atoms with Crippen molar-refractivity contribution in [2.24, 2.45) is 5.73 Å². The van der Waals surface area contributed by atoms with Crippen LogP contribution in [0.4, 0.5) is 5.69 Å². The number of nitrogens with two attached hydrogens (primary N) is 2. The number of nitrogen functional groups attached to an aromatic ring is 1. The second-order valence-electron chi connectivity index (χ2n) is 4.10. The fraction of sp³-hybridized carbons (Fsp3) is 0.133. The van der Waals surface area contributed by atoms with Crippen molar-refractivity contribution < 1.29 is 14.3 Å². The molecule has 0 fully saturated rings. The summed E-state index contributed by atoms with van der Waals surface area (Å²) in [5, 5.41) is 0. The third-order valence-corrected chi connectivity index (χ3v) is 2.64. The van der Waals surface area contributed by atoms with Crippen LogP contribution in [0.3, 0.4) is 0 Å². The van der Waals surface area contributed by atoms with E-state index in [1.165, 1.54) is 6.07 Å². The SMILES string of the molecule is CCOc1ccccc1Oc1ccc(N)cc1C(N)=O. The third kappa shape index (κ3) is 3.00. The van der Waals surface area contributed by atoms with Gasteiger partial charge in [0.2, 0.25) is 0 Å². The predicted octanol–water partition coefficient (Wildman–Crippen LogP) is 2.56. The summed E-state index contributed by atoms with van der Waals surface area (Å²) < 4.78 is 11.2. The van der Waals surface area contributed by atoms with E-state index in [-0.39, 0.29) is 5.56 Å². The number of anilines is 1. The molecule has 0 aromatic heterocycles. The van der Waals surface area contributed by atoms with Gasteiger partial charge in [-0.2, -0.15) is 0 Å². The monoisotopic (exact) mass is 272 g/mol. The van der Waals surface area contributed by atoms with Gasteiger partial charge in [0, 0.05) is 5.69 Å². The number of benzene rings is 2. The van der Waals surface area contributed by atoms with Gasteiger partial charge in [0.1, 0.15) is 5.75 Å². The summed E-state index contributed by atoms with van der Waals surface area (Å²) in [5.74, 6) is 0.865. The minimum atomic E-state index is -0.596. The summed E-state index contributed by atoms with van der Waals surface area (Å²) in [6.07, 6.45) is 0. The highest BCUT2D eigenvalue weighted by Gasteiger charge is 2.13. The fourth-order valence-corrected chi connectivity index (χ4v) is 1.76. The first kappa shape index (κ1) is 13.7. The molecule has 1 amide bonds. The zero-order chi connectivity index (χ0) is 14.5. The van der Waals surface area contributed by atoms with Gasteiger partial charge in [-0.15, -0.1) is 0 Å². The number of para-hydroxylation sites is 2. The van der Waals surface area contributed by atoms with Crippen molar-refractivity contribution in [2.75, 3.05) is 12.3 Å². The smallest absolute Gasteiger partial charge is 0.252 e. The number of carbonyl (C=O) groups is 1. The van der Waals surface area contributed by atoms with E-state index in [1.807, 2.05) is 19.1 Å². The van der Waals surface area contributed by atoms with Crippen molar-refractivity contribution in [3.8, 4) is 17.2 Å². The van der Waals surface area contributed by atoms with E-state index in [4.69, 9.17) is 20.9 Å². The summed E-state index contributed by atoms with van der Waals surface area (Å²) in [6.45, 7) is 2.40. The lowest BCUT2D eigenvalue weighted by molar-refractivity contribution is 0.0998. The summed E-state index contributed by atoms with van der Waals surface area (Å²) in [6, 6.07) is 11.9. The highest BCUT2D eigenvalue weighted by atomic mass is 16.5. The predicted molar refractivity (Wildman–Crippen MR) is 77.1 cm³/mol. The van der Waals surface area contributed by atoms with Gasteiger partial charge >= 0.3 is 0 Å². The van der Waals surface area contributed by atoms with E-state index < -0.39 is 5.91 Å². The van der Waals surface area contributed by atoms with E-state index in [0.29, 0.717) is 29.5 Å². The highest BCUT2D eigenvalue weighted by Crippen LogP contribution is 2.33. The molecule has 0 aliphatic heterocycles. The summed E-state index contributed by atoms with van der Waals surface area (Å²) in [5.41, 5.74) is 11.7. The number of hydrogen-bond donors (Lipinski definition) is 2. The van der Waals surface area contributed by atoms with Gasteiger partial charge in [-0.25, -0.2) is 0 Å². The molecule has 104 valence electrons. The maximum absolute atomic E-state index is 11.4. The maximum atomic E-state index is 11.4. The van der Waals surface area contributed by atoms with Crippen molar-refractivity contribution in [3.63, 3.8) is 0 Å². The van der Waals surface area contributed by atoms with Gasteiger partial charge in [0.15, 0.2) is 11.5 Å². The van der Waals surface area contributed by atoms with Crippen LogP contribution in [-0.4, -0.2) is 12.5 Å². The summed E-state index contributed by atoms with van der Waals surface area (Å²) >= 11 is 0. The molecule has 0 heterocycles. The first-order chi connectivity index (χ1) is 9.61. The molecule has 5 nitrogen and oxygen atoms in total. The fourth-order valence-electron chi connectivity index (χ4n) is 1.76.